The highest BCUT2D eigenvalue weighted by Gasteiger charge is 2.39. The Morgan fingerprint density at radius 1 is 1.00 bits per heavy atom. The number of hydrogen-bond acceptors (Lipinski definition) is 5. The highest BCUT2D eigenvalue weighted by Crippen LogP contribution is 2.44. The molecule has 5 heteroatoms. The van der Waals surface area contributed by atoms with Gasteiger partial charge in [-0.3, -0.25) is 0 Å². The Morgan fingerprint density at radius 3 is 2.28 bits per heavy atom. The summed E-state index contributed by atoms with van der Waals surface area (Å²) in [5.41, 5.74) is 2.04. The lowest BCUT2D eigenvalue weighted by atomic mass is 9.99. The minimum Gasteiger partial charge on any atom is -0.419 e. The molecule has 2 aromatic rings. The predicted octanol–water partition coefficient (Wildman–Crippen LogP) is 3.85. The highest BCUT2D eigenvalue weighted by atomic mass is 16.7. The fraction of sp³-hybridized carbons (Fsp3) is 0.300. The van der Waals surface area contributed by atoms with Gasteiger partial charge in [-0.1, -0.05) is 30.3 Å². The molecule has 1 saturated carbocycles. The molecule has 1 heterocycles. The van der Waals surface area contributed by atoms with Crippen molar-refractivity contribution in [1.82, 2.24) is 0 Å². The van der Waals surface area contributed by atoms with Crippen molar-refractivity contribution in [2.75, 3.05) is 5.32 Å². The molecule has 1 aliphatic heterocycles. The highest BCUT2D eigenvalue weighted by molar-refractivity contribution is 6.15. The Labute approximate surface area is 145 Å². The zero-order chi connectivity index (χ0) is 17.6. The third kappa shape index (κ3) is 2.97. The number of cyclic esters (lactones) is 2. The van der Waals surface area contributed by atoms with Crippen LogP contribution in [0.15, 0.2) is 48.2 Å². The van der Waals surface area contributed by atoms with Crippen molar-refractivity contribution in [3.05, 3.63) is 53.7 Å². The molecule has 1 saturated heterocycles. The fourth-order valence-corrected chi connectivity index (χ4v) is 3.13. The van der Waals surface area contributed by atoms with Crippen molar-refractivity contribution < 1.29 is 19.1 Å². The zero-order valence-electron chi connectivity index (χ0n) is 14.2. The number of carbonyl (C=O) groups is 2. The van der Waals surface area contributed by atoms with Crippen LogP contribution in [0.5, 0.6) is 0 Å². The third-order valence-electron chi connectivity index (χ3n) is 4.46. The lowest BCUT2D eigenvalue weighted by molar-refractivity contribution is -0.222. The minimum absolute atomic E-state index is 0.144. The van der Waals surface area contributed by atoms with Gasteiger partial charge < -0.3 is 14.8 Å². The van der Waals surface area contributed by atoms with Gasteiger partial charge in [0.05, 0.1) is 0 Å². The van der Waals surface area contributed by atoms with Gasteiger partial charge in [0.25, 0.3) is 5.79 Å². The summed E-state index contributed by atoms with van der Waals surface area (Å²) in [6.07, 6.45) is 3.82. The van der Waals surface area contributed by atoms with Crippen LogP contribution < -0.4 is 5.32 Å². The van der Waals surface area contributed by atoms with E-state index in [0.717, 1.165) is 11.1 Å². The van der Waals surface area contributed by atoms with Crippen LogP contribution in [0.1, 0.15) is 38.2 Å². The van der Waals surface area contributed by atoms with Crippen molar-refractivity contribution in [2.24, 2.45) is 0 Å². The summed E-state index contributed by atoms with van der Waals surface area (Å²) in [5, 5.41) is 5.32. The molecule has 1 N–H and O–H groups in total. The molecule has 2 aromatic carbocycles. The van der Waals surface area contributed by atoms with Crippen molar-refractivity contribution in [1.29, 1.82) is 0 Å². The number of ether oxygens (including phenoxy) is 2. The number of nitrogens with one attached hydrogen (secondary N) is 1. The van der Waals surface area contributed by atoms with Gasteiger partial charge in [-0.2, -0.15) is 0 Å². The molecule has 0 radical (unpaired) electrons. The molecule has 4 rings (SSSR count). The Balaban J connectivity index is 1.66. The fourth-order valence-electron chi connectivity index (χ4n) is 3.13. The minimum atomic E-state index is -1.23. The molecular weight excluding hydrogens is 318 g/mol. The van der Waals surface area contributed by atoms with Crippen LogP contribution in [0.4, 0.5) is 5.69 Å². The van der Waals surface area contributed by atoms with Crippen LogP contribution in [-0.2, 0) is 19.1 Å². The summed E-state index contributed by atoms with van der Waals surface area (Å²) in [7, 11) is 0. The number of benzene rings is 2. The average Bonchev–Trinajstić information content (AvgIpc) is 3.37. The Hall–Kier alpha value is -2.82. The Kier molecular flexibility index (Phi) is 3.53. The number of anilines is 1. The summed E-state index contributed by atoms with van der Waals surface area (Å²) in [6.45, 7) is 3.05. The van der Waals surface area contributed by atoms with Gasteiger partial charge in [0, 0.05) is 31.1 Å². The monoisotopic (exact) mass is 337 g/mol. The summed E-state index contributed by atoms with van der Waals surface area (Å²) in [5.74, 6) is -1.97. The third-order valence-corrected chi connectivity index (χ3v) is 4.46. The topological polar surface area (TPSA) is 64.6 Å². The molecule has 0 atom stereocenters. The van der Waals surface area contributed by atoms with E-state index < -0.39 is 17.7 Å². The molecule has 25 heavy (non-hydrogen) atoms. The van der Waals surface area contributed by atoms with Gasteiger partial charge in [-0.15, -0.1) is 0 Å². The molecule has 2 fully saturated rings. The molecule has 1 aliphatic carbocycles. The number of hydrogen-bond donors (Lipinski definition) is 1. The Bertz CT molecular complexity index is 887. The first-order valence-corrected chi connectivity index (χ1v) is 8.40. The van der Waals surface area contributed by atoms with Gasteiger partial charge in [-0.25, -0.2) is 9.59 Å². The number of fused-ring (bicyclic) bond motifs is 1. The van der Waals surface area contributed by atoms with E-state index in [9.17, 15) is 9.59 Å². The second-order valence-electron chi connectivity index (χ2n) is 6.90. The molecule has 0 unspecified atom stereocenters. The van der Waals surface area contributed by atoms with Crippen LogP contribution in [-0.4, -0.2) is 17.7 Å². The van der Waals surface area contributed by atoms with Gasteiger partial charge in [0.1, 0.15) is 0 Å². The van der Waals surface area contributed by atoms with E-state index in [0.29, 0.717) is 5.92 Å². The molecule has 2 aliphatic rings. The quantitative estimate of drug-likeness (QED) is 0.523. The molecule has 0 aromatic heterocycles. The second kappa shape index (κ2) is 5.62. The SMILES string of the molecule is CC1(C)OC(=O)C(=CNc2ccc(C3CC3)c3ccccc23)C(=O)O1. The molecule has 0 amide bonds. The summed E-state index contributed by atoms with van der Waals surface area (Å²) in [6, 6.07) is 12.2. The summed E-state index contributed by atoms with van der Waals surface area (Å²) < 4.78 is 10.2. The van der Waals surface area contributed by atoms with E-state index in [1.165, 1.54) is 43.8 Å². The lowest BCUT2D eigenvalue weighted by Crippen LogP contribution is -2.42. The summed E-state index contributed by atoms with van der Waals surface area (Å²) in [4.78, 5) is 24.1. The van der Waals surface area contributed by atoms with Crippen molar-refractivity contribution in [2.45, 2.75) is 38.4 Å². The van der Waals surface area contributed by atoms with E-state index >= 15 is 0 Å². The van der Waals surface area contributed by atoms with Crippen LogP contribution in [0.25, 0.3) is 10.8 Å². The van der Waals surface area contributed by atoms with Gasteiger partial charge >= 0.3 is 11.9 Å². The molecule has 5 nitrogen and oxygen atoms in total. The lowest BCUT2D eigenvalue weighted by Gasteiger charge is -2.29. The first-order valence-electron chi connectivity index (χ1n) is 8.40. The number of esters is 2. The second-order valence-corrected chi connectivity index (χ2v) is 6.90. The number of carbonyl (C=O) groups excluding carboxylic acids is 2. The van der Waals surface area contributed by atoms with Crippen LogP contribution in [0, 0.1) is 0 Å². The molecular formula is C20H19NO4. The van der Waals surface area contributed by atoms with Gasteiger partial charge in [0.15, 0.2) is 5.57 Å². The van der Waals surface area contributed by atoms with E-state index in [4.69, 9.17) is 9.47 Å². The first kappa shape index (κ1) is 15.7. The molecule has 0 bridgehead atoms. The molecule has 0 spiro atoms. The van der Waals surface area contributed by atoms with E-state index in [1.54, 1.807) is 0 Å². The standard InChI is InChI=1S/C20H19NO4/c1-20(2)24-18(22)16(19(23)25-20)11-21-17-10-9-13(12-7-8-12)14-5-3-4-6-15(14)17/h3-6,9-12,21H,7-8H2,1-2H3. The number of rotatable bonds is 3. The van der Waals surface area contributed by atoms with E-state index in [2.05, 4.69) is 17.4 Å². The smallest absolute Gasteiger partial charge is 0.350 e. The molecule has 128 valence electrons. The van der Waals surface area contributed by atoms with Crippen molar-refractivity contribution in [3.8, 4) is 0 Å². The van der Waals surface area contributed by atoms with E-state index in [-0.39, 0.29) is 5.57 Å². The Morgan fingerprint density at radius 2 is 1.64 bits per heavy atom. The van der Waals surface area contributed by atoms with Crippen LogP contribution >= 0.6 is 0 Å². The maximum atomic E-state index is 12.0. The van der Waals surface area contributed by atoms with E-state index in [1.807, 2.05) is 24.3 Å². The van der Waals surface area contributed by atoms with Gasteiger partial charge in [0.2, 0.25) is 0 Å². The zero-order valence-corrected chi connectivity index (χ0v) is 14.2. The largest absolute Gasteiger partial charge is 0.419 e. The predicted molar refractivity (Wildman–Crippen MR) is 93.9 cm³/mol. The normalized spacial score (nSPS) is 19.4. The van der Waals surface area contributed by atoms with Crippen LogP contribution in [0.3, 0.4) is 0 Å². The van der Waals surface area contributed by atoms with Crippen molar-refractivity contribution in [3.63, 3.8) is 0 Å². The maximum absolute atomic E-state index is 12.0. The summed E-state index contributed by atoms with van der Waals surface area (Å²) >= 11 is 0. The van der Waals surface area contributed by atoms with Crippen molar-refractivity contribution >= 4 is 28.4 Å². The average molecular weight is 337 g/mol. The van der Waals surface area contributed by atoms with Crippen LogP contribution in [0.2, 0.25) is 0 Å². The first-order chi connectivity index (χ1) is 11.9. The maximum Gasteiger partial charge on any atom is 0.350 e. The van der Waals surface area contributed by atoms with Gasteiger partial charge in [-0.05, 0) is 35.8 Å².